The van der Waals surface area contributed by atoms with Crippen LogP contribution < -0.4 is 0 Å². The summed E-state index contributed by atoms with van der Waals surface area (Å²) in [5.74, 6) is -1.05. The summed E-state index contributed by atoms with van der Waals surface area (Å²) in [5, 5.41) is 0.354. The number of alkyl halides is 3. The lowest BCUT2D eigenvalue weighted by Gasteiger charge is -2.08. The molecule has 2 nitrogen and oxygen atoms in total. The van der Waals surface area contributed by atoms with Crippen molar-refractivity contribution in [1.82, 2.24) is 0 Å². The average molecular weight is 317 g/mol. The molecule has 0 heterocycles. The molecule has 0 unspecified atom stereocenters. The Bertz CT molecular complexity index is 406. The Kier molecular flexibility index (Phi) is 4.21. The summed E-state index contributed by atoms with van der Waals surface area (Å²) in [6.45, 7) is -1.61. The largest absolute Gasteiger partial charge is 0.452 e. The number of halogens is 5. The molecule has 88 valence electrons. The first-order valence-corrected chi connectivity index (χ1v) is 5.15. The van der Waals surface area contributed by atoms with Crippen LogP contribution in [-0.4, -0.2) is 18.8 Å². The van der Waals surface area contributed by atoms with E-state index in [4.69, 9.17) is 11.6 Å². The van der Waals surface area contributed by atoms with Crippen LogP contribution in [0, 0.1) is 0 Å². The molecule has 0 fully saturated rings. The highest BCUT2D eigenvalue weighted by atomic mass is 79.9. The van der Waals surface area contributed by atoms with Crippen molar-refractivity contribution in [3.05, 3.63) is 33.3 Å². The molecule has 16 heavy (non-hydrogen) atoms. The molecular formula is C9H5BrClF3O2. The molecule has 0 aliphatic rings. The van der Waals surface area contributed by atoms with Crippen LogP contribution in [-0.2, 0) is 4.74 Å². The van der Waals surface area contributed by atoms with Crippen LogP contribution in [0.3, 0.4) is 0 Å². The Labute approximate surface area is 102 Å². The fourth-order valence-corrected chi connectivity index (χ4v) is 1.35. The Hall–Kier alpha value is -0.750. The molecule has 0 N–H and O–H groups in total. The maximum atomic E-state index is 11.8. The second-order valence-electron chi connectivity index (χ2n) is 2.82. The number of ether oxygens (including phenoxy) is 1. The van der Waals surface area contributed by atoms with E-state index in [-0.39, 0.29) is 5.56 Å². The molecule has 0 amide bonds. The highest BCUT2D eigenvalue weighted by Gasteiger charge is 2.29. The minimum absolute atomic E-state index is 0.000486. The van der Waals surface area contributed by atoms with Gasteiger partial charge in [0.25, 0.3) is 0 Å². The quantitative estimate of drug-likeness (QED) is 0.775. The predicted molar refractivity (Wildman–Crippen MR) is 55.5 cm³/mol. The van der Waals surface area contributed by atoms with Gasteiger partial charge in [-0.1, -0.05) is 11.6 Å². The zero-order chi connectivity index (χ0) is 12.3. The van der Waals surface area contributed by atoms with Crippen molar-refractivity contribution in [3.63, 3.8) is 0 Å². The fraction of sp³-hybridized carbons (Fsp3) is 0.222. The summed E-state index contributed by atoms with van der Waals surface area (Å²) in [7, 11) is 0. The smallest absolute Gasteiger partial charge is 0.422 e. The van der Waals surface area contributed by atoms with Crippen molar-refractivity contribution in [2.75, 3.05) is 6.61 Å². The zero-order valence-electron chi connectivity index (χ0n) is 7.65. The maximum Gasteiger partial charge on any atom is 0.422 e. The number of carbonyl (C=O) groups excluding carboxylic acids is 1. The predicted octanol–water partition coefficient (Wildman–Crippen LogP) is 3.82. The zero-order valence-corrected chi connectivity index (χ0v) is 9.99. The second-order valence-corrected chi connectivity index (χ2v) is 4.08. The van der Waals surface area contributed by atoms with Crippen LogP contribution >= 0.6 is 27.5 Å². The van der Waals surface area contributed by atoms with E-state index in [1.54, 1.807) is 0 Å². The molecule has 0 aliphatic carbocycles. The summed E-state index contributed by atoms with van der Waals surface area (Å²) >= 11 is 8.70. The molecule has 1 aromatic carbocycles. The van der Waals surface area contributed by atoms with Gasteiger partial charge in [-0.05, 0) is 34.1 Å². The number of hydrogen-bond donors (Lipinski definition) is 0. The van der Waals surface area contributed by atoms with Gasteiger partial charge in [0.2, 0.25) is 0 Å². The van der Waals surface area contributed by atoms with Crippen molar-refractivity contribution in [1.29, 1.82) is 0 Å². The van der Waals surface area contributed by atoms with Gasteiger partial charge < -0.3 is 4.74 Å². The van der Waals surface area contributed by atoms with Gasteiger partial charge in [-0.3, -0.25) is 0 Å². The van der Waals surface area contributed by atoms with Crippen molar-refractivity contribution < 1.29 is 22.7 Å². The van der Waals surface area contributed by atoms with E-state index < -0.39 is 18.8 Å². The minimum Gasteiger partial charge on any atom is -0.452 e. The summed E-state index contributed by atoms with van der Waals surface area (Å²) in [6, 6.07) is 3.96. The number of benzene rings is 1. The van der Waals surface area contributed by atoms with Crippen LogP contribution in [0.1, 0.15) is 10.4 Å². The molecule has 0 bridgehead atoms. The van der Waals surface area contributed by atoms with Gasteiger partial charge in [0.15, 0.2) is 6.61 Å². The van der Waals surface area contributed by atoms with Gasteiger partial charge in [-0.15, -0.1) is 0 Å². The SMILES string of the molecule is O=C(OCC(F)(F)F)c1ccc(Cl)c(Br)c1. The molecule has 0 atom stereocenters. The van der Waals surface area contributed by atoms with E-state index >= 15 is 0 Å². The second kappa shape index (κ2) is 5.05. The number of carbonyl (C=O) groups is 1. The van der Waals surface area contributed by atoms with Gasteiger partial charge in [0, 0.05) is 4.47 Å². The van der Waals surface area contributed by atoms with E-state index in [1.165, 1.54) is 18.2 Å². The van der Waals surface area contributed by atoms with Crippen LogP contribution in [0.25, 0.3) is 0 Å². The fourth-order valence-electron chi connectivity index (χ4n) is 0.854. The van der Waals surface area contributed by atoms with Gasteiger partial charge in [0.1, 0.15) is 0 Å². The summed E-state index contributed by atoms with van der Waals surface area (Å²) in [6.07, 6.45) is -4.53. The Morgan fingerprint density at radius 3 is 2.56 bits per heavy atom. The van der Waals surface area contributed by atoms with Crippen molar-refractivity contribution in [3.8, 4) is 0 Å². The van der Waals surface area contributed by atoms with Crippen molar-refractivity contribution in [2.24, 2.45) is 0 Å². The van der Waals surface area contributed by atoms with Gasteiger partial charge >= 0.3 is 12.1 Å². The van der Waals surface area contributed by atoms with E-state index in [1.807, 2.05) is 0 Å². The van der Waals surface area contributed by atoms with Crippen molar-refractivity contribution in [2.45, 2.75) is 6.18 Å². The van der Waals surface area contributed by atoms with Gasteiger partial charge in [-0.25, -0.2) is 4.79 Å². The number of rotatable bonds is 2. The van der Waals surface area contributed by atoms with Crippen LogP contribution in [0.2, 0.25) is 5.02 Å². The lowest BCUT2D eigenvalue weighted by atomic mass is 10.2. The topological polar surface area (TPSA) is 26.3 Å². The summed E-state index contributed by atoms with van der Waals surface area (Å²) in [4.78, 5) is 11.2. The molecule has 0 saturated heterocycles. The minimum atomic E-state index is -4.53. The number of hydrogen-bond acceptors (Lipinski definition) is 2. The monoisotopic (exact) mass is 316 g/mol. The van der Waals surface area contributed by atoms with Gasteiger partial charge in [0.05, 0.1) is 10.6 Å². The third-order valence-electron chi connectivity index (χ3n) is 1.52. The highest BCUT2D eigenvalue weighted by Crippen LogP contribution is 2.24. The molecular weight excluding hydrogens is 312 g/mol. The Morgan fingerprint density at radius 1 is 1.44 bits per heavy atom. The molecule has 0 aliphatic heterocycles. The van der Waals surface area contributed by atoms with Crippen LogP contribution in [0.5, 0.6) is 0 Å². The summed E-state index contributed by atoms with van der Waals surface area (Å²) in [5.41, 5.74) is 0.000486. The molecule has 0 radical (unpaired) electrons. The van der Waals surface area contributed by atoms with E-state index in [0.29, 0.717) is 9.50 Å². The molecule has 1 aromatic rings. The molecule has 0 aromatic heterocycles. The van der Waals surface area contributed by atoms with Crippen LogP contribution in [0.15, 0.2) is 22.7 Å². The normalized spacial score (nSPS) is 11.3. The molecule has 1 rings (SSSR count). The molecule has 0 saturated carbocycles. The van der Waals surface area contributed by atoms with Crippen LogP contribution in [0.4, 0.5) is 13.2 Å². The molecule has 0 spiro atoms. The standard InChI is InChI=1S/C9H5BrClF3O2/c10-6-3-5(1-2-7(6)11)8(15)16-4-9(12,13)14/h1-3H,4H2. The van der Waals surface area contributed by atoms with Crippen molar-refractivity contribution >= 4 is 33.5 Å². The summed E-state index contributed by atoms with van der Waals surface area (Å²) < 4.78 is 39.8. The van der Waals surface area contributed by atoms with E-state index in [9.17, 15) is 18.0 Å². The lowest BCUT2D eigenvalue weighted by molar-refractivity contribution is -0.161. The third-order valence-corrected chi connectivity index (χ3v) is 2.74. The lowest BCUT2D eigenvalue weighted by Crippen LogP contribution is -2.20. The Morgan fingerprint density at radius 2 is 2.06 bits per heavy atom. The van der Waals surface area contributed by atoms with E-state index in [0.717, 1.165) is 0 Å². The first kappa shape index (κ1) is 13.3. The van der Waals surface area contributed by atoms with E-state index in [2.05, 4.69) is 20.7 Å². The average Bonchev–Trinajstić information content (AvgIpc) is 2.17. The number of esters is 1. The third kappa shape index (κ3) is 4.02. The first-order valence-electron chi connectivity index (χ1n) is 3.98. The first-order chi connectivity index (χ1) is 7.29. The highest BCUT2D eigenvalue weighted by molar-refractivity contribution is 9.10. The van der Waals surface area contributed by atoms with Gasteiger partial charge in [-0.2, -0.15) is 13.2 Å². The maximum absolute atomic E-state index is 11.8. The Balaban J connectivity index is 2.70. The molecule has 7 heteroatoms.